The average Bonchev–Trinajstić information content (AvgIpc) is 2.26. The first-order chi connectivity index (χ1) is 8.90. The molecule has 2 rings (SSSR count). The molecule has 1 atom stereocenters. The van der Waals surface area contributed by atoms with Gasteiger partial charge in [0.1, 0.15) is 0 Å². The number of halogens is 1. The van der Waals surface area contributed by atoms with Crippen molar-refractivity contribution in [2.24, 2.45) is 5.73 Å². The van der Waals surface area contributed by atoms with Gasteiger partial charge >= 0.3 is 0 Å². The third-order valence-electron chi connectivity index (χ3n) is 3.54. The summed E-state index contributed by atoms with van der Waals surface area (Å²) in [5.41, 5.74) is 13.5. The fourth-order valence-electron chi connectivity index (χ4n) is 2.72. The predicted octanol–water partition coefficient (Wildman–Crippen LogP) is 4.62. The van der Waals surface area contributed by atoms with Crippen LogP contribution in [0.5, 0.6) is 0 Å². The second kappa shape index (κ2) is 5.36. The molecule has 0 radical (unpaired) electrons. The van der Waals surface area contributed by atoms with E-state index >= 15 is 0 Å². The lowest BCUT2D eigenvalue weighted by molar-refractivity contribution is 0.850. The van der Waals surface area contributed by atoms with E-state index in [9.17, 15) is 0 Å². The van der Waals surface area contributed by atoms with Gasteiger partial charge in [0.2, 0.25) is 0 Å². The maximum atomic E-state index is 6.43. The Kier molecular flexibility index (Phi) is 3.98. The van der Waals surface area contributed by atoms with Gasteiger partial charge in [-0.2, -0.15) is 0 Å². The van der Waals surface area contributed by atoms with E-state index in [4.69, 9.17) is 17.3 Å². The zero-order chi connectivity index (χ0) is 14.2. The van der Waals surface area contributed by atoms with Gasteiger partial charge in [0, 0.05) is 5.02 Å². The summed E-state index contributed by atoms with van der Waals surface area (Å²) in [5, 5.41) is 0.742. The molecular formula is C17H20ClN. The number of hydrogen-bond acceptors (Lipinski definition) is 1. The number of rotatable bonds is 2. The van der Waals surface area contributed by atoms with Gasteiger partial charge in [0.25, 0.3) is 0 Å². The van der Waals surface area contributed by atoms with Gasteiger partial charge in [-0.25, -0.2) is 0 Å². The first-order valence-electron chi connectivity index (χ1n) is 6.49. The highest BCUT2D eigenvalue weighted by Gasteiger charge is 2.17. The van der Waals surface area contributed by atoms with Crippen molar-refractivity contribution in [3.05, 3.63) is 68.7 Å². The lowest BCUT2D eigenvalue weighted by Gasteiger charge is -2.20. The molecule has 0 aliphatic rings. The molecular weight excluding hydrogens is 254 g/mol. The predicted molar refractivity (Wildman–Crippen MR) is 82.9 cm³/mol. The molecule has 2 aromatic rings. The van der Waals surface area contributed by atoms with E-state index in [1.807, 2.05) is 19.1 Å². The van der Waals surface area contributed by atoms with Crippen LogP contribution in [-0.2, 0) is 0 Å². The van der Waals surface area contributed by atoms with Crippen molar-refractivity contribution in [1.82, 2.24) is 0 Å². The van der Waals surface area contributed by atoms with Crippen molar-refractivity contribution in [1.29, 1.82) is 0 Å². The highest BCUT2D eigenvalue weighted by molar-refractivity contribution is 6.31. The third-order valence-corrected chi connectivity index (χ3v) is 3.87. The van der Waals surface area contributed by atoms with Gasteiger partial charge in [0.15, 0.2) is 0 Å². The summed E-state index contributed by atoms with van der Waals surface area (Å²) < 4.78 is 0. The Balaban J connectivity index is 2.53. The Morgan fingerprint density at radius 1 is 0.895 bits per heavy atom. The van der Waals surface area contributed by atoms with Crippen LogP contribution >= 0.6 is 11.6 Å². The highest BCUT2D eigenvalue weighted by atomic mass is 35.5. The van der Waals surface area contributed by atoms with E-state index in [0.29, 0.717) is 0 Å². The first kappa shape index (κ1) is 14.1. The van der Waals surface area contributed by atoms with Crippen LogP contribution in [-0.4, -0.2) is 0 Å². The van der Waals surface area contributed by atoms with Crippen molar-refractivity contribution < 1.29 is 0 Å². The minimum Gasteiger partial charge on any atom is -0.320 e. The summed E-state index contributed by atoms with van der Waals surface area (Å²) in [5.74, 6) is 0. The molecule has 2 N–H and O–H groups in total. The second-order valence-electron chi connectivity index (χ2n) is 5.32. The first-order valence-corrected chi connectivity index (χ1v) is 6.87. The maximum absolute atomic E-state index is 6.43. The molecule has 100 valence electrons. The average molecular weight is 274 g/mol. The van der Waals surface area contributed by atoms with E-state index < -0.39 is 0 Å². The number of nitrogens with two attached hydrogens (primary N) is 1. The molecule has 1 nitrogen and oxygen atoms in total. The molecule has 0 spiro atoms. The van der Waals surface area contributed by atoms with Gasteiger partial charge in [-0.05, 0) is 61.6 Å². The molecule has 1 unspecified atom stereocenters. The third kappa shape index (κ3) is 2.83. The molecule has 0 saturated heterocycles. The minimum atomic E-state index is -0.173. The Hall–Kier alpha value is -1.31. The number of aryl methyl sites for hydroxylation is 4. The van der Waals surface area contributed by atoms with E-state index in [0.717, 1.165) is 16.1 Å². The molecule has 0 fully saturated rings. The normalized spacial score (nSPS) is 12.5. The van der Waals surface area contributed by atoms with Crippen LogP contribution in [0.2, 0.25) is 5.02 Å². The van der Waals surface area contributed by atoms with Crippen LogP contribution in [0.15, 0.2) is 30.3 Å². The van der Waals surface area contributed by atoms with Crippen molar-refractivity contribution in [3.63, 3.8) is 0 Å². The maximum Gasteiger partial charge on any atom is 0.0571 e. The van der Waals surface area contributed by atoms with Crippen LogP contribution in [0.3, 0.4) is 0 Å². The van der Waals surface area contributed by atoms with E-state index in [-0.39, 0.29) is 6.04 Å². The number of hydrogen-bond donors (Lipinski definition) is 1. The molecule has 0 aromatic heterocycles. The molecule has 2 aromatic carbocycles. The zero-order valence-corrected chi connectivity index (χ0v) is 12.7. The monoisotopic (exact) mass is 273 g/mol. The van der Waals surface area contributed by atoms with Crippen LogP contribution in [0.4, 0.5) is 0 Å². The van der Waals surface area contributed by atoms with Gasteiger partial charge in [0.05, 0.1) is 6.04 Å². The lowest BCUT2D eigenvalue weighted by atomic mass is 9.90. The van der Waals surface area contributed by atoms with Crippen molar-refractivity contribution >= 4 is 11.6 Å². The summed E-state index contributed by atoms with van der Waals surface area (Å²) in [6, 6.07) is 10.2. The summed E-state index contributed by atoms with van der Waals surface area (Å²) in [4.78, 5) is 0. The Morgan fingerprint density at radius 2 is 1.47 bits per heavy atom. The summed E-state index contributed by atoms with van der Waals surface area (Å²) in [7, 11) is 0. The second-order valence-corrected chi connectivity index (χ2v) is 5.72. The van der Waals surface area contributed by atoms with Gasteiger partial charge < -0.3 is 5.73 Å². The standard InChI is InChI=1S/C17H20ClN/c1-10-5-6-14(15(18)9-10)17(19)16-12(3)7-11(2)8-13(16)4/h5-9,17H,19H2,1-4H3. The lowest BCUT2D eigenvalue weighted by Crippen LogP contribution is -2.15. The van der Waals surface area contributed by atoms with Gasteiger partial charge in [-0.3, -0.25) is 0 Å². The molecule has 19 heavy (non-hydrogen) atoms. The quantitative estimate of drug-likeness (QED) is 0.849. The highest BCUT2D eigenvalue weighted by Crippen LogP contribution is 2.31. The van der Waals surface area contributed by atoms with Gasteiger partial charge in [-0.1, -0.05) is 41.4 Å². The fourth-order valence-corrected chi connectivity index (χ4v) is 3.07. The van der Waals surface area contributed by atoms with Crippen molar-refractivity contribution in [2.75, 3.05) is 0 Å². The van der Waals surface area contributed by atoms with E-state index in [1.165, 1.54) is 22.3 Å². The molecule has 0 saturated carbocycles. The summed E-state index contributed by atoms with van der Waals surface area (Å²) in [6.07, 6.45) is 0. The molecule has 2 heteroatoms. The molecule has 0 aliphatic carbocycles. The van der Waals surface area contributed by atoms with Crippen molar-refractivity contribution in [3.8, 4) is 0 Å². The largest absolute Gasteiger partial charge is 0.320 e. The Bertz CT molecular complexity index is 594. The molecule has 0 bridgehead atoms. The Labute approximate surface area is 120 Å². The molecule has 0 aliphatic heterocycles. The van der Waals surface area contributed by atoms with Crippen LogP contribution < -0.4 is 5.73 Å². The van der Waals surface area contributed by atoms with E-state index in [2.05, 4.69) is 39.0 Å². The number of benzene rings is 2. The minimum absolute atomic E-state index is 0.173. The van der Waals surface area contributed by atoms with Crippen LogP contribution in [0.25, 0.3) is 0 Å². The topological polar surface area (TPSA) is 26.0 Å². The van der Waals surface area contributed by atoms with Crippen LogP contribution in [0, 0.1) is 27.7 Å². The smallest absolute Gasteiger partial charge is 0.0571 e. The summed E-state index contributed by atoms with van der Waals surface area (Å²) in [6.45, 7) is 8.35. The Morgan fingerprint density at radius 3 is 2.00 bits per heavy atom. The molecule has 0 heterocycles. The van der Waals surface area contributed by atoms with Gasteiger partial charge in [-0.15, -0.1) is 0 Å². The van der Waals surface area contributed by atoms with E-state index in [1.54, 1.807) is 0 Å². The SMILES string of the molecule is Cc1cc(C)c(C(N)c2ccc(C)cc2Cl)c(C)c1. The zero-order valence-electron chi connectivity index (χ0n) is 11.9. The van der Waals surface area contributed by atoms with Crippen molar-refractivity contribution in [2.45, 2.75) is 33.7 Å². The summed E-state index contributed by atoms with van der Waals surface area (Å²) >= 11 is 6.33. The van der Waals surface area contributed by atoms with Crippen LogP contribution in [0.1, 0.15) is 39.4 Å². The molecule has 0 amide bonds. The fraction of sp³-hybridized carbons (Fsp3) is 0.294.